The van der Waals surface area contributed by atoms with E-state index in [4.69, 9.17) is 11.6 Å². The van der Waals surface area contributed by atoms with Crippen molar-refractivity contribution in [3.63, 3.8) is 0 Å². The van der Waals surface area contributed by atoms with Gasteiger partial charge in [0.15, 0.2) is 0 Å². The van der Waals surface area contributed by atoms with Crippen LogP contribution >= 0.6 is 11.6 Å². The predicted octanol–water partition coefficient (Wildman–Crippen LogP) is 3.08. The third kappa shape index (κ3) is 6.62. The zero-order valence-electron chi connectivity index (χ0n) is 13.5. The number of halogens is 1. The summed E-state index contributed by atoms with van der Waals surface area (Å²) in [7, 11) is 0. The van der Waals surface area contributed by atoms with Crippen LogP contribution in [0, 0.1) is 11.3 Å². The maximum Gasteiger partial charge on any atom is 0.229 e. The molecule has 3 nitrogen and oxygen atoms in total. The smallest absolute Gasteiger partial charge is 0.229 e. The van der Waals surface area contributed by atoms with Crippen molar-refractivity contribution in [3.05, 3.63) is 0 Å². The number of hydrogen-bond donors (Lipinski definition) is 0. The van der Waals surface area contributed by atoms with Crippen molar-refractivity contribution in [3.8, 4) is 0 Å². The molecule has 19 heavy (non-hydrogen) atoms. The van der Waals surface area contributed by atoms with E-state index in [0.29, 0.717) is 11.8 Å². The summed E-state index contributed by atoms with van der Waals surface area (Å²) >= 11 is 5.93. The van der Waals surface area contributed by atoms with E-state index in [1.54, 1.807) is 0 Å². The minimum Gasteiger partial charge on any atom is -0.341 e. The Bertz CT molecular complexity index is 263. The van der Waals surface area contributed by atoms with E-state index < -0.39 is 5.41 Å². The van der Waals surface area contributed by atoms with E-state index >= 15 is 0 Å². The molecule has 0 saturated carbocycles. The normalized spacial score (nSPS) is 12.3. The summed E-state index contributed by atoms with van der Waals surface area (Å²) in [5, 5.41) is 0. The SMILES string of the molecule is CCN(CC)CCN(CC(C)C)C(=O)C(C)(C)CCl. The lowest BCUT2D eigenvalue weighted by Crippen LogP contribution is -2.46. The molecule has 0 aliphatic rings. The van der Waals surface area contributed by atoms with Gasteiger partial charge in [-0.1, -0.05) is 27.7 Å². The minimum absolute atomic E-state index is 0.170. The number of alkyl halides is 1. The van der Waals surface area contributed by atoms with Crippen LogP contribution in [0.5, 0.6) is 0 Å². The molecule has 0 saturated heterocycles. The molecule has 1 amide bonds. The Hall–Kier alpha value is -0.280. The largest absolute Gasteiger partial charge is 0.341 e. The lowest BCUT2D eigenvalue weighted by molar-refractivity contribution is -0.140. The van der Waals surface area contributed by atoms with Crippen LogP contribution in [0.4, 0.5) is 0 Å². The van der Waals surface area contributed by atoms with Crippen LogP contribution in [0.25, 0.3) is 0 Å². The van der Waals surface area contributed by atoms with Crippen molar-refractivity contribution in [2.75, 3.05) is 38.6 Å². The summed E-state index contributed by atoms with van der Waals surface area (Å²) in [4.78, 5) is 16.9. The highest BCUT2D eigenvalue weighted by Gasteiger charge is 2.31. The van der Waals surface area contributed by atoms with Crippen molar-refractivity contribution in [2.45, 2.75) is 41.5 Å². The minimum atomic E-state index is -0.473. The van der Waals surface area contributed by atoms with E-state index in [9.17, 15) is 4.79 Å². The molecular weight excluding hydrogens is 260 g/mol. The Morgan fingerprint density at radius 3 is 2.05 bits per heavy atom. The molecule has 4 heteroatoms. The summed E-state index contributed by atoms with van der Waals surface area (Å²) in [6.45, 7) is 17.0. The van der Waals surface area contributed by atoms with Gasteiger partial charge in [-0.05, 0) is 32.9 Å². The van der Waals surface area contributed by atoms with Gasteiger partial charge >= 0.3 is 0 Å². The molecule has 0 atom stereocenters. The topological polar surface area (TPSA) is 23.6 Å². The highest BCUT2D eigenvalue weighted by Crippen LogP contribution is 2.21. The summed E-state index contributed by atoms with van der Waals surface area (Å²) < 4.78 is 0. The van der Waals surface area contributed by atoms with Crippen LogP contribution in [-0.4, -0.2) is 54.3 Å². The first-order chi connectivity index (χ1) is 8.78. The molecule has 0 radical (unpaired) electrons. The second-order valence-corrected chi connectivity index (χ2v) is 6.46. The molecule has 0 rings (SSSR count). The van der Waals surface area contributed by atoms with Gasteiger partial charge in [0.25, 0.3) is 0 Å². The molecule has 0 aliphatic carbocycles. The average molecular weight is 291 g/mol. The second-order valence-electron chi connectivity index (χ2n) is 6.19. The molecule has 0 aromatic carbocycles. The lowest BCUT2D eigenvalue weighted by Gasteiger charge is -2.33. The van der Waals surface area contributed by atoms with Gasteiger partial charge in [0.2, 0.25) is 5.91 Å². The highest BCUT2D eigenvalue weighted by atomic mass is 35.5. The van der Waals surface area contributed by atoms with Gasteiger partial charge in [0, 0.05) is 25.5 Å². The first kappa shape index (κ1) is 18.7. The fraction of sp³-hybridized carbons (Fsp3) is 0.933. The quantitative estimate of drug-likeness (QED) is 0.609. The number of hydrogen-bond acceptors (Lipinski definition) is 2. The number of rotatable bonds is 9. The van der Waals surface area contributed by atoms with Crippen LogP contribution in [0.15, 0.2) is 0 Å². The average Bonchev–Trinajstić information content (AvgIpc) is 2.37. The van der Waals surface area contributed by atoms with Gasteiger partial charge in [-0.25, -0.2) is 0 Å². The van der Waals surface area contributed by atoms with Gasteiger partial charge in [-0.15, -0.1) is 11.6 Å². The number of carbonyl (C=O) groups is 1. The molecule has 0 aliphatic heterocycles. The molecule has 0 heterocycles. The predicted molar refractivity (Wildman–Crippen MR) is 83.7 cm³/mol. The standard InChI is InChI=1S/C15H31ClN2O/c1-7-17(8-2)9-10-18(11-13(3)4)14(19)15(5,6)12-16/h13H,7-12H2,1-6H3. The fourth-order valence-corrected chi connectivity index (χ4v) is 2.12. The van der Waals surface area contributed by atoms with Crippen molar-refractivity contribution in [2.24, 2.45) is 11.3 Å². The highest BCUT2D eigenvalue weighted by molar-refractivity contribution is 6.19. The van der Waals surface area contributed by atoms with E-state index in [1.165, 1.54) is 0 Å². The summed E-state index contributed by atoms with van der Waals surface area (Å²) in [5.41, 5.74) is -0.473. The third-order valence-electron chi connectivity index (χ3n) is 3.37. The molecule has 0 aromatic heterocycles. The zero-order valence-corrected chi connectivity index (χ0v) is 14.3. The summed E-state index contributed by atoms with van der Waals surface area (Å²) in [6.07, 6.45) is 0. The van der Waals surface area contributed by atoms with Crippen molar-refractivity contribution >= 4 is 17.5 Å². The van der Waals surface area contributed by atoms with Gasteiger partial charge in [-0.2, -0.15) is 0 Å². The Balaban J connectivity index is 4.67. The number of likely N-dealkylation sites (N-methyl/N-ethyl adjacent to an activating group) is 1. The number of nitrogens with zero attached hydrogens (tertiary/aromatic N) is 2. The van der Waals surface area contributed by atoms with Crippen molar-refractivity contribution in [1.29, 1.82) is 0 Å². The first-order valence-corrected chi connectivity index (χ1v) is 7.89. The van der Waals surface area contributed by atoms with Crippen LogP contribution in [0.1, 0.15) is 41.5 Å². The van der Waals surface area contributed by atoms with Crippen LogP contribution in [-0.2, 0) is 4.79 Å². The lowest BCUT2D eigenvalue weighted by atomic mass is 9.94. The third-order valence-corrected chi connectivity index (χ3v) is 4.03. The zero-order chi connectivity index (χ0) is 15.1. The van der Waals surface area contributed by atoms with Crippen LogP contribution in [0.2, 0.25) is 0 Å². The molecule has 114 valence electrons. The van der Waals surface area contributed by atoms with Crippen molar-refractivity contribution < 1.29 is 4.79 Å². The molecule has 0 unspecified atom stereocenters. The van der Waals surface area contributed by atoms with Gasteiger partial charge in [0.1, 0.15) is 0 Å². The Kier molecular flexibility index (Phi) is 8.67. The summed E-state index contributed by atoms with van der Waals surface area (Å²) in [6, 6.07) is 0. The van der Waals surface area contributed by atoms with E-state index in [-0.39, 0.29) is 5.91 Å². The van der Waals surface area contributed by atoms with Crippen molar-refractivity contribution in [1.82, 2.24) is 9.80 Å². The van der Waals surface area contributed by atoms with Gasteiger partial charge in [-0.3, -0.25) is 4.79 Å². The molecule has 0 fully saturated rings. The van der Waals surface area contributed by atoms with Gasteiger partial charge < -0.3 is 9.80 Å². The fourth-order valence-electron chi connectivity index (χ4n) is 2.00. The molecule has 0 aromatic rings. The molecule has 0 N–H and O–H groups in total. The van der Waals surface area contributed by atoms with Crippen LogP contribution in [0.3, 0.4) is 0 Å². The van der Waals surface area contributed by atoms with Crippen LogP contribution < -0.4 is 0 Å². The van der Waals surface area contributed by atoms with Gasteiger partial charge in [0.05, 0.1) is 5.41 Å². The van der Waals surface area contributed by atoms with E-state index in [2.05, 4.69) is 32.6 Å². The summed E-state index contributed by atoms with van der Waals surface area (Å²) in [5.74, 6) is 1.02. The van der Waals surface area contributed by atoms with E-state index in [1.807, 2.05) is 18.7 Å². The second kappa shape index (κ2) is 8.80. The first-order valence-electron chi connectivity index (χ1n) is 7.36. The Morgan fingerprint density at radius 1 is 1.16 bits per heavy atom. The van der Waals surface area contributed by atoms with E-state index in [0.717, 1.165) is 32.7 Å². The Morgan fingerprint density at radius 2 is 1.68 bits per heavy atom. The Labute approximate surface area is 124 Å². The molecular formula is C15H31ClN2O. The molecule has 0 bridgehead atoms. The monoisotopic (exact) mass is 290 g/mol. The molecule has 0 spiro atoms. The maximum atomic E-state index is 12.5. The number of carbonyl (C=O) groups excluding carboxylic acids is 1. The maximum absolute atomic E-state index is 12.5. The number of amides is 1.